The smallest absolute Gasteiger partial charge is 0.132 e. The number of nitrogens with zero attached hydrogens (tertiary/aromatic N) is 2. The van der Waals surface area contributed by atoms with Gasteiger partial charge < -0.3 is 21.3 Å². The number of thioether (sulfide) groups is 2. The first-order valence-electron chi connectivity index (χ1n) is 5.56. The molecule has 22 heavy (non-hydrogen) atoms. The molecular formula is C10H22N4S8. The lowest BCUT2D eigenvalue weighted by Crippen LogP contribution is -2.12. The highest BCUT2D eigenvalue weighted by Crippen LogP contribution is 2.06. The van der Waals surface area contributed by atoms with Gasteiger partial charge >= 0.3 is 0 Å². The topological polar surface area (TPSA) is 58.5 Å². The van der Waals surface area contributed by atoms with Crippen LogP contribution in [0.25, 0.3) is 0 Å². The van der Waals surface area contributed by atoms with Crippen LogP contribution < -0.4 is 11.5 Å². The van der Waals surface area contributed by atoms with E-state index in [1.807, 2.05) is 28.2 Å². The maximum atomic E-state index is 5.23. The minimum atomic E-state index is 0.475. The van der Waals surface area contributed by atoms with E-state index in [0.717, 1.165) is 11.5 Å². The van der Waals surface area contributed by atoms with E-state index < -0.39 is 0 Å². The van der Waals surface area contributed by atoms with E-state index in [4.69, 9.17) is 11.5 Å². The van der Waals surface area contributed by atoms with Gasteiger partial charge in [0.15, 0.2) is 0 Å². The zero-order valence-corrected chi connectivity index (χ0v) is 19.5. The maximum absolute atomic E-state index is 5.23. The third-order valence-electron chi connectivity index (χ3n) is 1.34. The van der Waals surface area contributed by atoms with Gasteiger partial charge in [0.1, 0.15) is 17.3 Å². The summed E-state index contributed by atoms with van der Waals surface area (Å²) in [5.41, 5.74) is 10.5. The Morgan fingerprint density at radius 1 is 0.773 bits per heavy atom. The fourth-order valence-electron chi connectivity index (χ4n) is 0.285. The third-order valence-corrected chi connectivity index (χ3v) is 5.22. The molecule has 0 unspecified atom stereocenters. The fourth-order valence-corrected chi connectivity index (χ4v) is 1.85. The van der Waals surface area contributed by atoms with Crippen molar-refractivity contribution in [3.8, 4) is 0 Å². The Morgan fingerprint density at radius 2 is 0.955 bits per heavy atom. The molecule has 0 saturated heterocycles. The molecule has 0 rings (SSSR count). The predicted molar refractivity (Wildman–Crippen MR) is 129 cm³/mol. The number of rotatable bonds is 3. The molecule has 0 aliphatic rings. The molecule has 0 aromatic carbocycles. The van der Waals surface area contributed by atoms with E-state index >= 15 is 0 Å². The molecule has 4 N–H and O–H groups in total. The molecule has 0 aliphatic carbocycles. The number of thiol groups is 2. The highest BCUT2D eigenvalue weighted by atomic mass is 32.2. The average molecular weight is 455 g/mol. The van der Waals surface area contributed by atoms with Crippen molar-refractivity contribution in [2.75, 3.05) is 39.7 Å². The number of nitrogens with two attached hydrogens (primary N) is 2. The summed E-state index contributed by atoms with van der Waals surface area (Å²) in [5, 5.41) is 0. The van der Waals surface area contributed by atoms with E-state index in [1.165, 1.54) is 23.5 Å². The van der Waals surface area contributed by atoms with Gasteiger partial charge in [0.2, 0.25) is 0 Å². The predicted octanol–water partition coefficient (Wildman–Crippen LogP) is 2.47. The Balaban J connectivity index is -0.000000261. The van der Waals surface area contributed by atoms with Crippen molar-refractivity contribution in [2.45, 2.75) is 0 Å². The minimum Gasteiger partial charge on any atom is -0.385 e. The number of thiocarbonyl (C=S) groups is 4. The highest BCUT2D eigenvalue weighted by molar-refractivity contribution is 8.25. The molecule has 0 amide bonds. The van der Waals surface area contributed by atoms with Crippen molar-refractivity contribution in [3.63, 3.8) is 0 Å². The molecule has 130 valence electrons. The lowest BCUT2D eigenvalue weighted by molar-refractivity contribution is 0.648. The number of hydrogen-bond acceptors (Lipinski definition) is 6. The highest BCUT2D eigenvalue weighted by Gasteiger charge is 1.92. The molecule has 0 atom stereocenters. The summed E-state index contributed by atoms with van der Waals surface area (Å²) in [6, 6.07) is 0. The molecule has 0 aromatic heterocycles. The van der Waals surface area contributed by atoms with Gasteiger partial charge in [-0.15, -0.1) is 25.3 Å². The summed E-state index contributed by atoms with van der Waals surface area (Å²) in [7, 11) is 7.43. The average Bonchev–Trinajstić information content (AvgIpc) is 2.35. The van der Waals surface area contributed by atoms with Gasteiger partial charge in [-0.25, -0.2) is 0 Å². The van der Waals surface area contributed by atoms with Crippen LogP contribution in [0.2, 0.25) is 0 Å². The molecule has 0 saturated carbocycles. The molecule has 12 heteroatoms. The van der Waals surface area contributed by atoms with Crippen LogP contribution in [0.5, 0.6) is 0 Å². The van der Waals surface area contributed by atoms with Crippen molar-refractivity contribution >= 4 is 115 Å². The molecule has 0 bridgehead atoms. The zero-order valence-electron chi connectivity index (χ0n) is 12.8. The van der Waals surface area contributed by atoms with Gasteiger partial charge in [-0.05, 0) is 0 Å². The monoisotopic (exact) mass is 454 g/mol. The van der Waals surface area contributed by atoms with Crippen LogP contribution in [-0.4, -0.2) is 66.8 Å². The standard InChI is InChI=1S/C4H8N2S4.2C3H7NS2/c5-3(7)9-1-2-10-4(6)8;2*1-4(2)3(5)6/h1-2H2,(H2,5,7)(H2,6,8);2*1-2H3,(H,5,6). The van der Waals surface area contributed by atoms with Gasteiger partial charge in [0.25, 0.3) is 0 Å². The van der Waals surface area contributed by atoms with Gasteiger partial charge in [0.05, 0.1) is 0 Å². The van der Waals surface area contributed by atoms with Crippen LogP contribution >= 0.6 is 97.7 Å². The summed E-state index contributed by atoms with van der Waals surface area (Å²) >= 11 is 29.1. The Morgan fingerprint density at radius 3 is 1.05 bits per heavy atom. The van der Waals surface area contributed by atoms with E-state index in [-0.39, 0.29) is 0 Å². The summed E-state index contributed by atoms with van der Waals surface area (Å²) < 4.78 is 2.19. The quantitative estimate of drug-likeness (QED) is 0.291. The molecule has 0 heterocycles. The molecule has 0 fully saturated rings. The third kappa shape index (κ3) is 32.8. The lowest BCUT2D eigenvalue weighted by Gasteiger charge is -2.05. The van der Waals surface area contributed by atoms with Crippen LogP contribution in [0.1, 0.15) is 0 Å². The van der Waals surface area contributed by atoms with Gasteiger partial charge in [0, 0.05) is 39.7 Å². The van der Waals surface area contributed by atoms with Gasteiger partial charge in [-0.1, -0.05) is 72.4 Å². The second-order valence-electron chi connectivity index (χ2n) is 3.69. The second-order valence-corrected chi connectivity index (χ2v) is 9.58. The van der Waals surface area contributed by atoms with Crippen LogP contribution in [0.4, 0.5) is 0 Å². The van der Waals surface area contributed by atoms with Crippen LogP contribution in [0, 0.1) is 0 Å². The van der Waals surface area contributed by atoms with E-state index in [1.54, 1.807) is 9.80 Å². The fraction of sp³-hybridized carbons (Fsp3) is 0.600. The Labute approximate surface area is 174 Å². The first-order chi connectivity index (χ1) is 9.91. The lowest BCUT2D eigenvalue weighted by atomic mass is 11.0. The van der Waals surface area contributed by atoms with Crippen molar-refractivity contribution in [1.82, 2.24) is 9.80 Å². The largest absolute Gasteiger partial charge is 0.385 e. The summed E-state index contributed by atoms with van der Waals surface area (Å²) in [6.07, 6.45) is 0. The van der Waals surface area contributed by atoms with E-state index in [0.29, 0.717) is 17.3 Å². The molecule has 0 radical (unpaired) electrons. The summed E-state index contributed by atoms with van der Waals surface area (Å²) in [6.45, 7) is 0. The Bertz CT molecular complexity index is 325. The van der Waals surface area contributed by atoms with Crippen LogP contribution in [0.15, 0.2) is 0 Å². The molecule has 0 spiro atoms. The van der Waals surface area contributed by atoms with Gasteiger partial charge in [-0.3, -0.25) is 0 Å². The van der Waals surface area contributed by atoms with Crippen molar-refractivity contribution in [2.24, 2.45) is 11.5 Å². The van der Waals surface area contributed by atoms with E-state index in [2.05, 4.69) is 74.1 Å². The first-order valence-corrected chi connectivity index (χ1v) is 10.1. The van der Waals surface area contributed by atoms with Crippen LogP contribution in [-0.2, 0) is 0 Å². The molecular weight excluding hydrogens is 433 g/mol. The molecule has 4 nitrogen and oxygen atoms in total. The first kappa shape index (κ1) is 27.8. The van der Waals surface area contributed by atoms with Gasteiger partial charge in [-0.2, -0.15) is 0 Å². The number of hydrogen-bond donors (Lipinski definition) is 4. The second kappa shape index (κ2) is 18.3. The SMILES string of the molecule is CN(C)C(=S)S.CN(C)C(=S)S.NC(=S)SCCSC(N)=S. The Hall–Kier alpha value is 0.960. The summed E-state index contributed by atoms with van der Waals surface area (Å²) in [5.74, 6) is 1.74. The van der Waals surface area contributed by atoms with Crippen molar-refractivity contribution in [1.29, 1.82) is 0 Å². The normalized spacial score (nSPS) is 8.45. The van der Waals surface area contributed by atoms with E-state index in [9.17, 15) is 0 Å². The summed E-state index contributed by atoms with van der Waals surface area (Å²) in [4.78, 5) is 3.52. The molecule has 0 aromatic rings. The van der Waals surface area contributed by atoms with Crippen molar-refractivity contribution in [3.05, 3.63) is 0 Å². The zero-order chi connectivity index (χ0) is 18.3. The van der Waals surface area contributed by atoms with Crippen LogP contribution in [0.3, 0.4) is 0 Å². The van der Waals surface area contributed by atoms with Crippen molar-refractivity contribution < 1.29 is 0 Å². The maximum Gasteiger partial charge on any atom is 0.132 e. The molecule has 0 aliphatic heterocycles. The minimum absolute atomic E-state index is 0.475. The Kier molecular flexibility index (Phi) is 23.1.